The average molecular weight is 383 g/mol. The molecule has 6 heteroatoms. The van der Waals surface area contributed by atoms with E-state index in [9.17, 15) is 14.7 Å². The predicted octanol–water partition coefficient (Wildman–Crippen LogP) is 3.99. The first kappa shape index (κ1) is 19.0. The van der Waals surface area contributed by atoms with Gasteiger partial charge in [0, 0.05) is 18.0 Å². The highest BCUT2D eigenvalue weighted by molar-refractivity contribution is 6.05. The standard InChI is InChI=1S/C22H29N3O3/c26-21(23-18-12-6-4-10-16(18)22(27)28)20-17-11-5-7-13-19(17)25(24-20)14-15-8-2-1-3-9-15/h5,7,11,13,15-16,18H,1-4,6,8-10,12,14H2,(H,23,26)(H,27,28)/t16-,18+/m1/s1. The second-order valence-corrected chi connectivity index (χ2v) is 8.36. The number of hydrogen-bond acceptors (Lipinski definition) is 3. The molecular weight excluding hydrogens is 354 g/mol. The van der Waals surface area contributed by atoms with Gasteiger partial charge in [-0.1, -0.05) is 50.3 Å². The minimum Gasteiger partial charge on any atom is -0.481 e. The molecule has 2 saturated carbocycles. The molecular formula is C22H29N3O3. The number of amides is 1. The van der Waals surface area contributed by atoms with Crippen molar-refractivity contribution in [2.75, 3.05) is 0 Å². The normalized spacial score (nSPS) is 23.6. The summed E-state index contributed by atoms with van der Waals surface area (Å²) in [6.45, 7) is 0.842. The van der Waals surface area contributed by atoms with Crippen LogP contribution in [0.25, 0.3) is 10.9 Å². The first-order chi connectivity index (χ1) is 13.6. The second-order valence-electron chi connectivity index (χ2n) is 8.36. The zero-order valence-corrected chi connectivity index (χ0v) is 16.3. The number of hydrogen-bond donors (Lipinski definition) is 2. The lowest BCUT2D eigenvalue weighted by molar-refractivity contribution is -0.143. The molecule has 2 N–H and O–H groups in total. The van der Waals surface area contributed by atoms with Crippen LogP contribution in [0.15, 0.2) is 24.3 Å². The Morgan fingerprint density at radius 2 is 1.75 bits per heavy atom. The number of benzene rings is 1. The van der Waals surface area contributed by atoms with Gasteiger partial charge in [-0.05, 0) is 37.7 Å². The molecule has 2 fully saturated rings. The Hall–Kier alpha value is -2.37. The monoisotopic (exact) mass is 383 g/mol. The Morgan fingerprint density at radius 1 is 1.04 bits per heavy atom. The number of nitrogens with zero attached hydrogens (tertiary/aromatic N) is 2. The molecule has 1 amide bonds. The van der Waals surface area contributed by atoms with Crippen molar-refractivity contribution < 1.29 is 14.7 Å². The fourth-order valence-electron chi connectivity index (χ4n) is 4.88. The van der Waals surface area contributed by atoms with Crippen LogP contribution >= 0.6 is 0 Å². The molecule has 4 rings (SSSR count). The largest absolute Gasteiger partial charge is 0.481 e. The maximum Gasteiger partial charge on any atom is 0.308 e. The van der Waals surface area contributed by atoms with Crippen LogP contribution in [0.4, 0.5) is 0 Å². The SMILES string of the molecule is O=C(N[C@H]1CCCC[C@H]1C(=O)O)c1nn(CC2CCCCC2)c2ccccc12. The van der Waals surface area contributed by atoms with E-state index >= 15 is 0 Å². The van der Waals surface area contributed by atoms with Crippen LogP contribution in [0.3, 0.4) is 0 Å². The molecule has 2 aromatic rings. The molecule has 2 atom stereocenters. The molecule has 150 valence electrons. The molecule has 0 unspecified atom stereocenters. The van der Waals surface area contributed by atoms with Crippen LogP contribution in [0.1, 0.15) is 68.3 Å². The van der Waals surface area contributed by atoms with E-state index in [1.807, 2.05) is 28.9 Å². The minimum absolute atomic E-state index is 0.253. The fraction of sp³-hybridized carbons (Fsp3) is 0.591. The molecule has 28 heavy (non-hydrogen) atoms. The van der Waals surface area contributed by atoms with Gasteiger partial charge < -0.3 is 10.4 Å². The number of aliphatic carboxylic acids is 1. The molecule has 0 bridgehead atoms. The number of carboxylic acid groups (broad SMARTS) is 1. The number of para-hydroxylation sites is 1. The van der Waals surface area contributed by atoms with Crippen LogP contribution in [-0.4, -0.2) is 32.8 Å². The van der Waals surface area contributed by atoms with E-state index in [4.69, 9.17) is 0 Å². The number of rotatable bonds is 5. The van der Waals surface area contributed by atoms with E-state index in [2.05, 4.69) is 10.4 Å². The highest BCUT2D eigenvalue weighted by atomic mass is 16.4. The molecule has 0 radical (unpaired) electrons. The Labute approximate surface area is 165 Å². The number of carbonyl (C=O) groups is 2. The molecule has 2 aliphatic rings. The van der Waals surface area contributed by atoms with Crippen LogP contribution < -0.4 is 5.32 Å². The van der Waals surface area contributed by atoms with E-state index in [-0.39, 0.29) is 11.9 Å². The third-order valence-electron chi connectivity index (χ3n) is 6.43. The average Bonchev–Trinajstić information content (AvgIpc) is 3.08. The van der Waals surface area contributed by atoms with E-state index in [1.165, 1.54) is 32.1 Å². The number of aromatic nitrogens is 2. The summed E-state index contributed by atoms with van der Waals surface area (Å²) in [7, 11) is 0. The van der Waals surface area contributed by atoms with E-state index in [1.54, 1.807) is 0 Å². The van der Waals surface area contributed by atoms with Gasteiger partial charge in [-0.15, -0.1) is 0 Å². The summed E-state index contributed by atoms with van der Waals surface area (Å²) in [4.78, 5) is 24.6. The lowest BCUT2D eigenvalue weighted by Gasteiger charge is -2.29. The van der Waals surface area contributed by atoms with Gasteiger partial charge in [0.2, 0.25) is 0 Å². The third kappa shape index (κ3) is 3.91. The molecule has 0 spiro atoms. The first-order valence-electron chi connectivity index (χ1n) is 10.6. The second kappa shape index (κ2) is 8.33. The molecule has 0 aliphatic heterocycles. The molecule has 1 heterocycles. The van der Waals surface area contributed by atoms with Crippen molar-refractivity contribution in [1.82, 2.24) is 15.1 Å². The number of carboxylic acids is 1. The van der Waals surface area contributed by atoms with E-state index in [0.29, 0.717) is 24.5 Å². The topological polar surface area (TPSA) is 84.2 Å². The van der Waals surface area contributed by atoms with E-state index in [0.717, 1.165) is 30.3 Å². The number of carbonyl (C=O) groups excluding carboxylic acids is 1. The highest BCUT2D eigenvalue weighted by Gasteiger charge is 2.33. The summed E-state index contributed by atoms with van der Waals surface area (Å²) >= 11 is 0. The molecule has 2 aliphatic carbocycles. The number of nitrogens with one attached hydrogen (secondary N) is 1. The minimum atomic E-state index is -0.822. The van der Waals surface area contributed by atoms with E-state index < -0.39 is 11.9 Å². The van der Waals surface area contributed by atoms with Gasteiger partial charge in [0.15, 0.2) is 5.69 Å². The predicted molar refractivity (Wildman–Crippen MR) is 107 cm³/mol. The van der Waals surface area contributed by atoms with Gasteiger partial charge in [0.1, 0.15) is 0 Å². The van der Waals surface area contributed by atoms with Crippen LogP contribution in [0.5, 0.6) is 0 Å². The molecule has 1 aromatic heterocycles. The Morgan fingerprint density at radius 3 is 2.54 bits per heavy atom. The van der Waals surface area contributed by atoms with Crippen LogP contribution in [0.2, 0.25) is 0 Å². The van der Waals surface area contributed by atoms with Crippen molar-refractivity contribution in [3.8, 4) is 0 Å². The summed E-state index contributed by atoms with van der Waals surface area (Å²) in [5, 5.41) is 18.0. The number of fused-ring (bicyclic) bond motifs is 1. The van der Waals surface area contributed by atoms with Crippen molar-refractivity contribution in [2.24, 2.45) is 11.8 Å². The van der Waals surface area contributed by atoms with Crippen molar-refractivity contribution in [1.29, 1.82) is 0 Å². The maximum absolute atomic E-state index is 13.0. The summed E-state index contributed by atoms with van der Waals surface area (Å²) < 4.78 is 1.98. The van der Waals surface area contributed by atoms with Gasteiger partial charge >= 0.3 is 5.97 Å². The smallest absolute Gasteiger partial charge is 0.308 e. The van der Waals surface area contributed by atoms with Gasteiger partial charge in [0.05, 0.1) is 11.4 Å². The maximum atomic E-state index is 13.0. The molecule has 1 aromatic carbocycles. The summed E-state index contributed by atoms with van der Waals surface area (Å²) in [5.41, 5.74) is 1.40. The highest BCUT2D eigenvalue weighted by Crippen LogP contribution is 2.28. The van der Waals surface area contributed by atoms with Crippen LogP contribution in [0, 0.1) is 11.8 Å². The lowest BCUT2D eigenvalue weighted by atomic mass is 9.84. The van der Waals surface area contributed by atoms with Gasteiger partial charge in [-0.2, -0.15) is 5.10 Å². The Kier molecular flexibility index (Phi) is 5.64. The Bertz CT molecular complexity index is 854. The van der Waals surface area contributed by atoms with Crippen molar-refractivity contribution >= 4 is 22.8 Å². The summed E-state index contributed by atoms with van der Waals surface area (Å²) in [6.07, 6.45) is 9.49. The van der Waals surface area contributed by atoms with Gasteiger partial charge in [-0.25, -0.2) is 0 Å². The zero-order valence-electron chi connectivity index (χ0n) is 16.3. The molecule has 6 nitrogen and oxygen atoms in total. The summed E-state index contributed by atoms with van der Waals surface area (Å²) in [6, 6.07) is 7.53. The quantitative estimate of drug-likeness (QED) is 0.818. The van der Waals surface area contributed by atoms with Gasteiger partial charge in [0.25, 0.3) is 5.91 Å². The lowest BCUT2D eigenvalue weighted by Crippen LogP contribution is -2.45. The van der Waals surface area contributed by atoms with Crippen LogP contribution in [-0.2, 0) is 11.3 Å². The van der Waals surface area contributed by atoms with Crippen molar-refractivity contribution in [3.05, 3.63) is 30.0 Å². The zero-order chi connectivity index (χ0) is 19.5. The van der Waals surface area contributed by atoms with Gasteiger partial charge in [-0.3, -0.25) is 14.3 Å². The van der Waals surface area contributed by atoms with Crippen molar-refractivity contribution in [2.45, 2.75) is 70.4 Å². The molecule has 0 saturated heterocycles. The first-order valence-corrected chi connectivity index (χ1v) is 10.6. The summed E-state index contributed by atoms with van der Waals surface area (Å²) in [5.74, 6) is -0.967. The Balaban J connectivity index is 1.57. The fourth-order valence-corrected chi connectivity index (χ4v) is 4.88. The third-order valence-corrected chi connectivity index (χ3v) is 6.43. The van der Waals surface area contributed by atoms with Crippen molar-refractivity contribution in [3.63, 3.8) is 0 Å².